The first kappa shape index (κ1) is 23.7. The molecular weight excluding hydrogens is 512 g/mol. The fourth-order valence-corrected chi connectivity index (χ4v) is 5.64. The lowest BCUT2D eigenvalue weighted by molar-refractivity contribution is 0.0905. The highest BCUT2D eigenvalue weighted by Crippen LogP contribution is 2.60. The van der Waals surface area contributed by atoms with Gasteiger partial charge in [-0.25, -0.2) is 9.67 Å². The minimum atomic E-state index is -1.40. The van der Waals surface area contributed by atoms with Crippen molar-refractivity contribution in [1.82, 2.24) is 24.7 Å². The van der Waals surface area contributed by atoms with Gasteiger partial charge in [0.15, 0.2) is 11.4 Å². The summed E-state index contributed by atoms with van der Waals surface area (Å²) >= 11 is 0. The third-order valence-electron chi connectivity index (χ3n) is 7.73. The third kappa shape index (κ3) is 2.91. The van der Waals surface area contributed by atoms with Crippen LogP contribution in [0.2, 0.25) is 0 Å². The number of para-hydroxylation sites is 1. The van der Waals surface area contributed by atoms with Crippen molar-refractivity contribution < 1.29 is 19.7 Å². The van der Waals surface area contributed by atoms with Crippen molar-refractivity contribution in [3.05, 3.63) is 86.7 Å². The number of aromatic hydroxyl groups is 2. The van der Waals surface area contributed by atoms with Crippen LogP contribution in [-0.2, 0) is 5.41 Å². The lowest BCUT2D eigenvalue weighted by Gasteiger charge is -2.27. The number of phenolic OH excluding ortho intramolecular Hbond substituents is 2. The minimum Gasteiger partial charge on any atom is -0.507 e. The number of benzene rings is 2. The number of aromatic nitrogens is 5. The molecule has 0 spiro atoms. The summed E-state index contributed by atoms with van der Waals surface area (Å²) in [7, 11) is 0. The van der Waals surface area contributed by atoms with Gasteiger partial charge in [0.2, 0.25) is 5.95 Å². The first-order chi connectivity index (χ1) is 19.1. The maximum absolute atomic E-state index is 14.3. The monoisotopic (exact) mass is 534 g/mol. The number of carbonyl (C=O) groups is 1. The van der Waals surface area contributed by atoms with Crippen LogP contribution in [0.4, 0.5) is 5.95 Å². The van der Waals surface area contributed by atoms with Crippen molar-refractivity contribution in [1.29, 1.82) is 0 Å². The molecule has 1 aliphatic heterocycles. The minimum absolute atomic E-state index is 0.0699. The van der Waals surface area contributed by atoms with Crippen LogP contribution in [-0.4, -0.2) is 40.7 Å². The molecule has 1 aliphatic carbocycles. The second kappa shape index (κ2) is 7.79. The van der Waals surface area contributed by atoms with E-state index in [1.165, 1.54) is 12.1 Å². The van der Waals surface area contributed by atoms with Gasteiger partial charge >= 0.3 is 0 Å². The third-order valence-corrected chi connectivity index (χ3v) is 7.73. The molecular formula is C29H22N6O5. The van der Waals surface area contributed by atoms with Crippen LogP contribution in [0.1, 0.15) is 39.8 Å². The van der Waals surface area contributed by atoms with E-state index in [1.807, 2.05) is 30.3 Å². The smallest absolute Gasteiger partial charge is 0.261 e. The van der Waals surface area contributed by atoms with Crippen molar-refractivity contribution in [2.75, 3.05) is 5.73 Å². The van der Waals surface area contributed by atoms with E-state index in [1.54, 1.807) is 31.5 Å². The van der Waals surface area contributed by atoms with Crippen molar-refractivity contribution in [2.45, 2.75) is 26.2 Å². The van der Waals surface area contributed by atoms with Crippen LogP contribution >= 0.6 is 0 Å². The number of Topliss-reactive ketones (excluding diaryl/α,β-unsaturated/α-hetero) is 1. The Labute approximate surface area is 226 Å². The number of rotatable bonds is 2. The highest BCUT2D eigenvalue weighted by Gasteiger charge is 2.55. The zero-order chi connectivity index (χ0) is 28.1. The molecule has 4 heterocycles. The number of anilines is 1. The van der Waals surface area contributed by atoms with Crippen LogP contribution < -0.4 is 16.0 Å². The largest absolute Gasteiger partial charge is 0.507 e. The normalized spacial score (nSPS) is 17.3. The second-order valence-corrected chi connectivity index (χ2v) is 10.1. The molecule has 1 unspecified atom stereocenters. The van der Waals surface area contributed by atoms with Crippen molar-refractivity contribution in [3.63, 3.8) is 0 Å². The highest BCUT2D eigenvalue weighted by atomic mass is 16.5. The molecule has 0 fully saturated rings. The molecule has 11 heteroatoms. The summed E-state index contributed by atoms with van der Waals surface area (Å²) in [6.45, 7) is 4.99. The van der Waals surface area contributed by atoms with Crippen LogP contribution in [0.25, 0.3) is 34.1 Å². The predicted octanol–water partition coefficient (Wildman–Crippen LogP) is 3.67. The van der Waals surface area contributed by atoms with Gasteiger partial charge in [0.1, 0.15) is 28.4 Å². The summed E-state index contributed by atoms with van der Waals surface area (Å²) in [5.74, 6) is -0.568. The number of fused-ring (bicyclic) bond motifs is 5. The first-order valence-corrected chi connectivity index (χ1v) is 12.5. The van der Waals surface area contributed by atoms with Crippen LogP contribution in [0.15, 0.2) is 53.0 Å². The molecule has 7 rings (SSSR count). The predicted molar refractivity (Wildman–Crippen MR) is 147 cm³/mol. The van der Waals surface area contributed by atoms with Gasteiger partial charge in [-0.05, 0) is 45.0 Å². The fraction of sp³-hybridized carbons (Fsp3) is 0.138. The zero-order valence-corrected chi connectivity index (χ0v) is 21.6. The van der Waals surface area contributed by atoms with Gasteiger partial charge in [0, 0.05) is 11.6 Å². The summed E-state index contributed by atoms with van der Waals surface area (Å²) in [6, 6.07) is 12.5. The van der Waals surface area contributed by atoms with Crippen molar-refractivity contribution >= 4 is 28.8 Å². The summed E-state index contributed by atoms with van der Waals surface area (Å²) in [5, 5.41) is 27.4. The molecule has 0 bridgehead atoms. The first-order valence-electron chi connectivity index (χ1n) is 12.5. The Balaban J connectivity index is 1.49. The molecule has 5 N–H and O–H groups in total. The SMILES string of the molecule is Cc1nn(-c2ccccc2)c2c1C(=O)C1(C)C(=C2)Oc2c(-c3ccc4c(=O)[nH]c(N)nc4n3)c(O)c(C)c(O)c21. The Morgan fingerprint density at radius 1 is 1.00 bits per heavy atom. The van der Waals surface area contributed by atoms with E-state index >= 15 is 0 Å². The standard InChI is InChI=1S/C29H22N6O5/c1-12-22(36)20(16-10-9-15-26(31-16)32-28(30)33-27(15)39)24-21(23(12)37)29(3)18(40-24)11-17-19(25(29)38)13(2)34-35(17)14-7-5-4-6-8-14/h4-11,36-37H,1-3H3,(H3,30,31,32,33,39). The Morgan fingerprint density at radius 2 is 1.75 bits per heavy atom. The molecule has 0 saturated heterocycles. The summed E-state index contributed by atoms with van der Waals surface area (Å²) < 4.78 is 8.01. The second-order valence-electron chi connectivity index (χ2n) is 10.1. The lowest BCUT2D eigenvalue weighted by atomic mass is 9.71. The van der Waals surface area contributed by atoms with Crippen LogP contribution in [0, 0.1) is 13.8 Å². The van der Waals surface area contributed by atoms with Crippen LogP contribution in [0.3, 0.4) is 0 Å². The zero-order valence-electron chi connectivity index (χ0n) is 21.6. The summed E-state index contributed by atoms with van der Waals surface area (Å²) in [5.41, 5.74) is 6.96. The Morgan fingerprint density at radius 3 is 2.50 bits per heavy atom. The average molecular weight is 535 g/mol. The van der Waals surface area contributed by atoms with Crippen LogP contribution in [0.5, 0.6) is 17.2 Å². The van der Waals surface area contributed by atoms with Gasteiger partial charge < -0.3 is 20.7 Å². The molecule has 198 valence electrons. The molecule has 2 aromatic carbocycles. The molecule has 5 aromatic rings. The van der Waals surface area contributed by atoms with E-state index in [0.29, 0.717) is 17.0 Å². The highest BCUT2D eigenvalue weighted by molar-refractivity contribution is 6.14. The van der Waals surface area contributed by atoms with E-state index in [9.17, 15) is 19.8 Å². The number of aryl methyl sites for hydroxylation is 1. The van der Waals surface area contributed by atoms with Crippen molar-refractivity contribution in [2.24, 2.45) is 0 Å². The van der Waals surface area contributed by atoms with Gasteiger partial charge in [-0.3, -0.25) is 14.6 Å². The van der Waals surface area contributed by atoms with E-state index < -0.39 is 11.0 Å². The number of hydrogen-bond acceptors (Lipinski definition) is 9. The fourth-order valence-electron chi connectivity index (χ4n) is 5.64. The number of nitrogens with two attached hydrogens (primary N) is 1. The Kier molecular flexibility index (Phi) is 4.61. The number of ether oxygens (including phenoxy) is 1. The number of nitrogens with zero attached hydrogens (tertiary/aromatic N) is 4. The molecule has 1 atom stereocenters. The maximum Gasteiger partial charge on any atom is 0.261 e. The number of allylic oxidation sites excluding steroid dienone is 1. The molecule has 0 amide bonds. The molecule has 0 saturated carbocycles. The van der Waals surface area contributed by atoms with E-state index in [4.69, 9.17) is 10.5 Å². The lowest BCUT2D eigenvalue weighted by Crippen LogP contribution is -2.36. The number of hydrogen-bond donors (Lipinski definition) is 4. The van der Waals surface area contributed by atoms with E-state index in [-0.39, 0.29) is 68.2 Å². The topological polar surface area (TPSA) is 169 Å². The summed E-state index contributed by atoms with van der Waals surface area (Å²) in [4.78, 5) is 37.6. The molecule has 0 radical (unpaired) electrons. The number of phenols is 2. The number of nitrogens with one attached hydrogen (secondary N) is 1. The average Bonchev–Trinajstić information content (AvgIpc) is 3.42. The molecule has 40 heavy (non-hydrogen) atoms. The van der Waals surface area contributed by atoms with Crippen molar-refractivity contribution in [3.8, 4) is 34.2 Å². The van der Waals surface area contributed by atoms with Gasteiger partial charge in [0.05, 0.1) is 44.8 Å². The number of nitrogen functional groups attached to an aromatic ring is 1. The van der Waals surface area contributed by atoms with Gasteiger partial charge in [-0.15, -0.1) is 0 Å². The Hall–Kier alpha value is -5.45. The molecule has 11 nitrogen and oxygen atoms in total. The Bertz CT molecular complexity index is 2040. The number of aromatic amines is 1. The maximum atomic E-state index is 14.3. The number of ketones is 1. The van der Waals surface area contributed by atoms with E-state index in [2.05, 4.69) is 20.1 Å². The van der Waals surface area contributed by atoms with E-state index in [0.717, 1.165) is 5.69 Å². The van der Waals surface area contributed by atoms with Gasteiger partial charge in [-0.1, -0.05) is 18.2 Å². The number of pyridine rings is 1. The summed E-state index contributed by atoms with van der Waals surface area (Å²) in [6.07, 6.45) is 1.74. The quantitative estimate of drug-likeness (QED) is 0.264. The number of carbonyl (C=O) groups excluding carboxylic acids is 1. The van der Waals surface area contributed by atoms with Gasteiger partial charge in [0.25, 0.3) is 5.56 Å². The molecule has 2 aliphatic rings. The van der Waals surface area contributed by atoms with Gasteiger partial charge in [-0.2, -0.15) is 10.1 Å². The number of H-pyrrole nitrogens is 1. The molecule has 3 aromatic heterocycles.